The molecule has 2 N–H and O–H groups in total. The van der Waals surface area contributed by atoms with Crippen molar-refractivity contribution >= 4 is 35.0 Å². The molecule has 2 amide bonds. The van der Waals surface area contributed by atoms with Crippen LogP contribution in [0.3, 0.4) is 0 Å². The second-order valence-electron chi connectivity index (χ2n) is 6.06. The minimum Gasteiger partial charge on any atom is -0.325 e. The fourth-order valence-corrected chi connectivity index (χ4v) is 3.12. The highest BCUT2D eigenvalue weighted by atomic mass is 32.2. The number of nitrogens with zero attached hydrogens (tertiary/aromatic N) is 3. The van der Waals surface area contributed by atoms with E-state index < -0.39 is 0 Å². The average Bonchev–Trinajstić information content (AvgIpc) is 3.07. The molecule has 7 nitrogen and oxygen atoms in total. The van der Waals surface area contributed by atoms with Crippen LogP contribution in [0.1, 0.15) is 15.9 Å². The summed E-state index contributed by atoms with van der Waals surface area (Å²) in [5, 5.41) is 13.8. The third-order valence-electron chi connectivity index (χ3n) is 3.85. The van der Waals surface area contributed by atoms with E-state index in [4.69, 9.17) is 0 Å². The number of thioether (sulfide) groups is 1. The standard InChI is InChI=1S/C19H18FN5O2S/c1-12-8-14(20)6-7-16(12)23-18(27)13-4-3-5-15(9-13)22-17(26)10-28-19-24-21-11-25(19)2/h3-9,11H,10H2,1-2H3,(H,22,26)(H,23,27). The maximum atomic E-state index is 13.2. The number of anilines is 2. The molecule has 2 aromatic carbocycles. The first-order chi connectivity index (χ1) is 13.4. The number of amides is 2. The Hall–Kier alpha value is -3.20. The third kappa shape index (κ3) is 4.95. The number of hydrogen-bond donors (Lipinski definition) is 2. The summed E-state index contributed by atoms with van der Waals surface area (Å²) in [5.74, 6) is -0.767. The van der Waals surface area contributed by atoms with Crippen LogP contribution in [0.2, 0.25) is 0 Å². The minimum atomic E-state index is -0.362. The average molecular weight is 399 g/mol. The van der Waals surface area contributed by atoms with Crippen LogP contribution in [0, 0.1) is 12.7 Å². The summed E-state index contributed by atoms with van der Waals surface area (Å²) in [4.78, 5) is 24.6. The quantitative estimate of drug-likeness (QED) is 0.621. The first-order valence-electron chi connectivity index (χ1n) is 8.36. The van der Waals surface area contributed by atoms with Gasteiger partial charge in [0, 0.05) is 24.0 Å². The second kappa shape index (κ2) is 8.66. The first-order valence-corrected chi connectivity index (χ1v) is 9.35. The van der Waals surface area contributed by atoms with Gasteiger partial charge in [0.25, 0.3) is 5.91 Å². The van der Waals surface area contributed by atoms with Gasteiger partial charge in [-0.1, -0.05) is 17.8 Å². The molecule has 144 valence electrons. The summed E-state index contributed by atoms with van der Waals surface area (Å²) in [6.07, 6.45) is 1.56. The molecule has 0 unspecified atom stereocenters. The van der Waals surface area contributed by atoms with Gasteiger partial charge in [0.2, 0.25) is 5.91 Å². The van der Waals surface area contributed by atoms with Crippen molar-refractivity contribution in [3.63, 3.8) is 0 Å². The van der Waals surface area contributed by atoms with Crippen LogP contribution in [0.4, 0.5) is 15.8 Å². The Balaban J connectivity index is 1.62. The monoisotopic (exact) mass is 399 g/mol. The van der Waals surface area contributed by atoms with E-state index in [1.54, 1.807) is 49.1 Å². The van der Waals surface area contributed by atoms with Gasteiger partial charge in [-0.3, -0.25) is 9.59 Å². The van der Waals surface area contributed by atoms with Gasteiger partial charge in [-0.2, -0.15) is 0 Å². The SMILES string of the molecule is Cc1cc(F)ccc1NC(=O)c1cccc(NC(=O)CSc2nncn2C)c1. The molecular formula is C19H18FN5O2S. The number of hydrogen-bond acceptors (Lipinski definition) is 5. The van der Waals surface area contributed by atoms with Gasteiger partial charge < -0.3 is 15.2 Å². The zero-order chi connectivity index (χ0) is 20.1. The molecule has 0 radical (unpaired) electrons. The zero-order valence-corrected chi connectivity index (χ0v) is 16.1. The molecule has 3 aromatic rings. The lowest BCUT2D eigenvalue weighted by Crippen LogP contribution is -2.16. The van der Waals surface area contributed by atoms with Gasteiger partial charge in [0.15, 0.2) is 5.16 Å². The van der Waals surface area contributed by atoms with Gasteiger partial charge in [-0.25, -0.2) is 4.39 Å². The number of carbonyl (C=O) groups excluding carboxylic acids is 2. The van der Waals surface area contributed by atoms with Gasteiger partial charge in [-0.15, -0.1) is 10.2 Å². The summed E-state index contributed by atoms with van der Waals surface area (Å²) in [5.41, 5.74) is 2.04. The highest BCUT2D eigenvalue weighted by molar-refractivity contribution is 7.99. The van der Waals surface area contributed by atoms with E-state index in [-0.39, 0.29) is 23.4 Å². The van der Waals surface area contributed by atoms with E-state index in [0.29, 0.717) is 27.7 Å². The third-order valence-corrected chi connectivity index (χ3v) is 4.88. The first kappa shape index (κ1) is 19.6. The highest BCUT2D eigenvalue weighted by Gasteiger charge is 2.11. The van der Waals surface area contributed by atoms with Crippen molar-refractivity contribution in [2.75, 3.05) is 16.4 Å². The molecule has 0 aliphatic carbocycles. The Kier molecular flexibility index (Phi) is 6.05. The normalized spacial score (nSPS) is 10.5. The van der Waals surface area contributed by atoms with Crippen LogP contribution in [0.15, 0.2) is 53.9 Å². The predicted octanol–water partition coefficient (Wildman–Crippen LogP) is 3.25. The number of carbonyl (C=O) groups is 2. The molecule has 3 rings (SSSR count). The second-order valence-corrected chi connectivity index (χ2v) is 7.00. The van der Waals surface area contributed by atoms with Gasteiger partial charge in [-0.05, 0) is 48.9 Å². The molecule has 1 aromatic heterocycles. The molecule has 0 saturated carbocycles. The van der Waals surface area contributed by atoms with Crippen molar-refractivity contribution in [1.82, 2.24) is 14.8 Å². The topological polar surface area (TPSA) is 88.9 Å². The number of aromatic nitrogens is 3. The summed E-state index contributed by atoms with van der Waals surface area (Å²) in [6, 6.07) is 10.7. The largest absolute Gasteiger partial charge is 0.325 e. The summed E-state index contributed by atoms with van der Waals surface area (Å²) in [6.45, 7) is 1.71. The Morgan fingerprint density at radius 1 is 1.18 bits per heavy atom. The van der Waals surface area contributed by atoms with E-state index in [1.807, 2.05) is 0 Å². The summed E-state index contributed by atoms with van der Waals surface area (Å²) >= 11 is 1.26. The summed E-state index contributed by atoms with van der Waals surface area (Å²) in [7, 11) is 1.80. The Morgan fingerprint density at radius 2 is 2.00 bits per heavy atom. The Morgan fingerprint density at radius 3 is 2.71 bits per heavy atom. The molecule has 0 aliphatic rings. The molecule has 0 aliphatic heterocycles. The van der Waals surface area contributed by atoms with Crippen molar-refractivity contribution in [3.05, 3.63) is 65.7 Å². The predicted molar refractivity (Wildman–Crippen MR) is 106 cm³/mol. The Labute approximate surface area is 165 Å². The smallest absolute Gasteiger partial charge is 0.255 e. The lowest BCUT2D eigenvalue weighted by atomic mass is 10.1. The molecule has 0 spiro atoms. The van der Waals surface area contributed by atoms with Gasteiger partial charge in [0.05, 0.1) is 5.75 Å². The fourth-order valence-electron chi connectivity index (χ4n) is 2.43. The van der Waals surface area contributed by atoms with Crippen LogP contribution in [-0.4, -0.2) is 32.3 Å². The number of nitrogens with one attached hydrogen (secondary N) is 2. The fraction of sp³-hybridized carbons (Fsp3) is 0.158. The number of rotatable bonds is 6. The van der Waals surface area contributed by atoms with E-state index in [2.05, 4.69) is 20.8 Å². The number of benzene rings is 2. The molecular weight excluding hydrogens is 381 g/mol. The maximum absolute atomic E-state index is 13.2. The highest BCUT2D eigenvalue weighted by Crippen LogP contribution is 2.19. The van der Waals surface area contributed by atoms with Crippen LogP contribution >= 0.6 is 11.8 Å². The van der Waals surface area contributed by atoms with E-state index in [9.17, 15) is 14.0 Å². The number of halogens is 1. The molecule has 9 heteroatoms. The Bertz CT molecular complexity index is 1020. The van der Waals surface area contributed by atoms with Crippen LogP contribution in [0.5, 0.6) is 0 Å². The van der Waals surface area contributed by atoms with Crippen molar-refractivity contribution in [2.45, 2.75) is 12.1 Å². The minimum absolute atomic E-state index is 0.164. The van der Waals surface area contributed by atoms with Gasteiger partial charge >= 0.3 is 0 Å². The van der Waals surface area contributed by atoms with Crippen molar-refractivity contribution in [1.29, 1.82) is 0 Å². The molecule has 0 saturated heterocycles. The molecule has 0 fully saturated rings. The van der Waals surface area contributed by atoms with Gasteiger partial charge in [0.1, 0.15) is 12.1 Å². The van der Waals surface area contributed by atoms with Crippen molar-refractivity contribution in [2.24, 2.45) is 7.05 Å². The molecule has 28 heavy (non-hydrogen) atoms. The molecule has 0 bridgehead atoms. The van der Waals surface area contributed by atoms with E-state index >= 15 is 0 Å². The van der Waals surface area contributed by atoms with Crippen LogP contribution < -0.4 is 10.6 Å². The zero-order valence-electron chi connectivity index (χ0n) is 15.3. The molecule has 0 atom stereocenters. The van der Waals surface area contributed by atoms with Crippen molar-refractivity contribution in [3.8, 4) is 0 Å². The lowest BCUT2D eigenvalue weighted by Gasteiger charge is -2.10. The van der Waals surface area contributed by atoms with Crippen LogP contribution in [-0.2, 0) is 11.8 Å². The summed E-state index contributed by atoms with van der Waals surface area (Å²) < 4.78 is 14.9. The van der Waals surface area contributed by atoms with Crippen LogP contribution in [0.25, 0.3) is 0 Å². The van der Waals surface area contributed by atoms with Crippen molar-refractivity contribution < 1.29 is 14.0 Å². The van der Waals surface area contributed by atoms with E-state index in [1.165, 1.54) is 30.0 Å². The maximum Gasteiger partial charge on any atom is 0.255 e. The van der Waals surface area contributed by atoms with E-state index in [0.717, 1.165) is 0 Å². The molecule has 1 heterocycles. The number of aryl methyl sites for hydroxylation is 2. The lowest BCUT2D eigenvalue weighted by molar-refractivity contribution is -0.113.